The monoisotopic (exact) mass is 582 g/mol. The summed E-state index contributed by atoms with van der Waals surface area (Å²) < 4.78 is 48.2. The molecule has 0 spiro atoms. The van der Waals surface area contributed by atoms with Crippen LogP contribution in [0.15, 0.2) is 54.7 Å². The van der Waals surface area contributed by atoms with E-state index in [4.69, 9.17) is 23.2 Å². The van der Waals surface area contributed by atoms with E-state index in [0.717, 1.165) is 6.20 Å². The van der Waals surface area contributed by atoms with Gasteiger partial charge >= 0.3 is 6.61 Å². The summed E-state index contributed by atoms with van der Waals surface area (Å²) in [5, 5.41) is 28.6. The molecule has 0 aliphatic rings. The minimum atomic E-state index is -2.97. The molecule has 0 aliphatic carbocycles. The van der Waals surface area contributed by atoms with Crippen LogP contribution >= 0.6 is 34.5 Å². The molecule has 0 aliphatic heterocycles. The molecule has 0 unspecified atom stereocenters. The lowest BCUT2D eigenvalue weighted by Crippen LogP contribution is -2.36. The highest BCUT2D eigenvalue weighted by Gasteiger charge is 2.26. The van der Waals surface area contributed by atoms with Gasteiger partial charge in [0, 0.05) is 24.2 Å². The minimum absolute atomic E-state index is 0.000235. The van der Waals surface area contributed by atoms with Gasteiger partial charge in [-0.25, -0.2) is 9.37 Å². The van der Waals surface area contributed by atoms with E-state index in [9.17, 15) is 14.0 Å². The molecule has 4 heterocycles. The van der Waals surface area contributed by atoms with Crippen LogP contribution in [0.3, 0.4) is 0 Å². The molecule has 0 N–H and O–H groups in total. The normalized spacial score (nSPS) is 12.4. The van der Waals surface area contributed by atoms with Gasteiger partial charge in [-0.15, -0.1) is 16.4 Å². The topological polar surface area (TPSA) is 110 Å². The van der Waals surface area contributed by atoms with Gasteiger partial charge in [-0.3, -0.25) is 4.68 Å². The summed E-state index contributed by atoms with van der Waals surface area (Å²) in [6.07, 6.45) is 5.58. The lowest BCUT2D eigenvalue weighted by molar-refractivity contribution is -0.615. The summed E-state index contributed by atoms with van der Waals surface area (Å²) in [4.78, 5) is 4.67. The van der Waals surface area contributed by atoms with Crippen molar-refractivity contribution in [3.05, 3.63) is 81.6 Å². The summed E-state index contributed by atoms with van der Waals surface area (Å²) in [5.41, 5.74) is 2.81. The first-order valence-electron chi connectivity index (χ1n) is 10.8. The lowest BCUT2D eigenvalue weighted by atomic mass is 10.0. The van der Waals surface area contributed by atoms with E-state index >= 15 is 4.39 Å². The summed E-state index contributed by atoms with van der Waals surface area (Å²) in [5.74, 6) is -0.771. The number of benzene rings is 1. The molecule has 0 saturated carbocycles. The van der Waals surface area contributed by atoms with E-state index in [2.05, 4.69) is 30.3 Å². The van der Waals surface area contributed by atoms with E-state index in [1.54, 1.807) is 11.7 Å². The summed E-state index contributed by atoms with van der Waals surface area (Å²) in [7, 11) is 0. The zero-order chi connectivity index (χ0) is 26.8. The molecule has 10 nitrogen and oxygen atoms in total. The fourth-order valence-electron chi connectivity index (χ4n) is 3.91. The van der Waals surface area contributed by atoms with Crippen LogP contribution in [0.25, 0.3) is 27.3 Å². The van der Waals surface area contributed by atoms with E-state index < -0.39 is 18.5 Å². The summed E-state index contributed by atoms with van der Waals surface area (Å²) in [6.45, 7) is -3.33. The third-order valence-electron chi connectivity index (χ3n) is 5.59. The molecular weight excluding hydrogens is 568 g/mol. The Morgan fingerprint density at radius 3 is 2.68 bits per heavy atom. The largest absolute Gasteiger partial charge is 0.618 e. The van der Waals surface area contributed by atoms with Crippen molar-refractivity contribution in [3.63, 3.8) is 0 Å². The van der Waals surface area contributed by atoms with Crippen molar-refractivity contribution >= 4 is 34.5 Å². The number of aromatic nitrogens is 8. The van der Waals surface area contributed by atoms with Crippen LogP contribution in [0.2, 0.25) is 10.2 Å². The third-order valence-corrected chi connectivity index (χ3v) is 7.15. The van der Waals surface area contributed by atoms with E-state index in [-0.39, 0.29) is 45.7 Å². The van der Waals surface area contributed by atoms with Crippen LogP contribution in [0.4, 0.5) is 13.2 Å². The summed E-state index contributed by atoms with van der Waals surface area (Å²) in [6, 6.07) is 5.03. The number of rotatable bonds is 9. The molecule has 4 aromatic heterocycles. The number of pyridine rings is 1. The molecule has 0 amide bonds. The van der Waals surface area contributed by atoms with Crippen molar-refractivity contribution in [3.8, 4) is 27.3 Å². The molecule has 1 atom stereocenters. The predicted octanol–water partition coefficient (Wildman–Crippen LogP) is 4.95. The zero-order valence-corrected chi connectivity index (χ0v) is 21.3. The molecule has 196 valence electrons. The van der Waals surface area contributed by atoms with Gasteiger partial charge in [-0.05, 0) is 28.6 Å². The molecule has 0 radical (unpaired) electrons. The number of tetrazole rings is 1. The van der Waals surface area contributed by atoms with Crippen LogP contribution in [-0.4, -0.2) is 48.2 Å². The number of halogens is 5. The van der Waals surface area contributed by atoms with E-state index in [0.29, 0.717) is 15.2 Å². The number of thiazole rings is 1. The van der Waals surface area contributed by atoms with Gasteiger partial charge in [-0.1, -0.05) is 23.2 Å². The minimum Gasteiger partial charge on any atom is -0.618 e. The highest BCUT2D eigenvalue weighted by Crippen LogP contribution is 2.34. The number of nitrogens with zero attached hydrogens (tertiary/aromatic N) is 8. The first-order chi connectivity index (χ1) is 18.3. The lowest BCUT2D eigenvalue weighted by Gasteiger charge is -2.18. The Kier molecular flexibility index (Phi) is 7.56. The number of hydrogen-bond donors (Lipinski definition) is 0. The van der Waals surface area contributed by atoms with Crippen LogP contribution in [0, 0.1) is 11.0 Å². The fraction of sp³-hybridized carbons (Fsp3) is 0.182. The second-order valence-corrected chi connectivity index (χ2v) is 9.42. The van der Waals surface area contributed by atoms with Crippen molar-refractivity contribution in [2.75, 3.05) is 6.61 Å². The van der Waals surface area contributed by atoms with Gasteiger partial charge in [0.2, 0.25) is 5.69 Å². The zero-order valence-electron chi connectivity index (χ0n) is 19.0. The van der Waals surface area contributed by atoms with Gasteiger partial charge in [0.15, 0.2) is 12.0 Å². The smallest absolute Gasteiger partial charge is 0.345 e. The maximum atomic E-state index is 15.2. The third kappa shape index (κ3) is 5.20. The maximum Gasteiger partial charge on any atom is 0.345 e. The Hall–Kier alpha value is -3.59. The van der Waals surface area contributed by atoms with Gasteiger partial charge < -0.3 is 9.94 Å². The molecule has 0 saturated heterocycles. The first kappa shape index (κ1) is 26.0. The van der Waals surface area contributed by atoms with E-state index in [1.807, 2.05) is 0 Å². The summed E-state index contributed by atoms with van der Waals surface area (Å²) >= 11 is 13.4. The Balaban J connectivity index is 1.55. The highest BCUT2D eigenvalue weighted by atomic mass is 35.5. The predicted molar refractivity (Wildman–Crippen MR) is 132 cm³/mol. The molecule has 1 aromatic carbocycles. The van der Waals surface area contributed by atoms with E-state index in [1.165, 1.54) is 57.5 Å². The Labute approximate surface area is 226 Å². The maximum absolute atomic E-state index is 15.2. The van der Waals surface area contributed by atoms with Crippen LogP contribution in [0.5, 0.6) is 0 Å². The molecule has 5 aromatic rings. The SMILES string of the molecule is [O-][n+]1cc(-c2c(-n3cnnn3)ccc(Cl)c2F)ccc1[C@H](CCOC(F)F)n1cc(-c2scnc2Cl)cn1. The van der Waals surface area contributed by atoms with Crippen LogP contribution < -0.4 is 4.73 Å². The van der Waals surface area contributed by atoms with Gasteiger partial charge in [0.05, 0.1) is 45.0 Å². The van der Waals surface area contributed by atoms with Crippen LogP contribution in [-0.2, 0) is 4.74 Å². The second kappa shape index (κ2) is 11.0. The molecular formula is C22H15Cl2F3N8O2S. The van der Waals surface area contributed by atoms with Crippen molar-refractivity contribution < 1.29 is 22.6 Å². The molecule has 5 rings (SSSR count). The Morgan fingerprint density at radius 1 is 1.16 bits per heavy atom. The Morgan fingerprint density at radius 2 is 2.00 bits per heavy atom. The van der Waals surface area contributed by atoms with Gasteiger partial charge in [-0.2, -0.15) is 23.3 Å². The highest BCUT2D eigenvalue weighted by molar-refractivity contribution is 7.13. The number of hydrogen-bond acceptors (Lipinski definition) is 8. The van der Waals surface area contributed by atoms with Crippen molar-refractivity contribution in [2.24, 2.45) is 0 Å². The molecule has 0 fully saturated rings. The fourth-order valence-corrected chi connectivity index (χ4v) is 5.07. The Bertz CT molecular complexity index is 1560. The second-order valence-electron chi connectivity index (χ2n) is 7.80. The molecule has 38 heavy (non-hydrogen) atoms. The number of ether oxygens (including phenoxy) is 1. The molecule has 16 heteroatoms. The van der Waals surface area contributed by atoms with Crippen molar-refractivity contribution in [1.82, 2.24) is 35.0 Å². The quantitative estimate of drug-likeness (QED) is 0.179. The van der Waals surface area contributed by atoms with Crippen molar-refractivity contribution in [1.29, 1.82) is 0 Å². The van der Waals surface area contributed by atoms with Crippen LogP contribution in [0.1, 0.15) is 18.2 Å². The van der Waals surface area contributed by atoms with Crippen molar-refractivity contribution in [2.45, 2.75) is 19.1 Å². The molecule has 0 bridgehead atoms. The van der Waals surface area contributed by atoms with Gasteiger partial charge in [0.1, 0.15) is 17.5 Å². The first-order valence-corrected chi connectivity index (χ1v) is 12.4. The number of alkyl halides is 2. The standard InChI is InChI=1S/C22H15Cl2F3N8O2S/c23-14-2-4-17(34-10-29-31-32-34)18(19(14)25)12-1-3-16(35(36)9-12)15(5-6-37-22(26)27)33-8-13(7-30-33)20-21(24)28-11-38-20/h1-4,7-11,15,22H,5-6H2/t15-/m0/s1. The average molecular weight is 583 g/mol. The van der Waals surface area contributed by atoms with Gasteiger partial charge in [0.25, 0.3) is 0 Å². The average Bonchev–Trinajstić information content (AvgIpc) is 3.66.